The quantitative estimate of drug-likeness (QED) is 0.732. The van der Waals surface area contributed by atoms with Crippen molar-refractivity contribution in [2.45, 2.75) is 33.1 Å². The summed E-state index contributed by atoms with van der Waals surface area (Å²) in [5.74, 6) is 0.753. The fourth-order valence-electron chi connectivity index (χ4n) is 2.64. The first kappa shape index (κ1) is 11.7. The molecule has 0 unspecified atom stereocenters. The minimum atomic E-state index is 0.422. The lowest BCUT2D eigenvalue weighted by Gasteiger charge is -2.26. The summed E-state index contributed by atoms with van der Waals surface area (Å²) in [4.78, 5) is 2.61. The molecule has 1 heteroatoms. The van der Waals surface area contributed by atoms with E-state index in [4.69, 9.17) is 0 Å². The zero-order valence-corrected chi connectivity index (χ0v) is 10.7. The minimum absolute atomic E-state index is 0.422. The van der Waals surface area contributed by atoms with E-state index in [1.165, 1.54) is 31.6 Å². The topological polar surface area (TPSA) is 3.24 Å². The van der Waals surface area contributed by atoms with Crippen LogP contribution in [0.3, 0.4) is 0 Å². The normalized spacial score (nSPS) is 22.6. The molecule has 1 saturated heterocycles. The monoisotopic (exact) mass is 217 g/mol. The molecule has 88 valence electrons. The maximum absolute atomic E-state index is 2.61. The maximum Gasteiger partial charge on any atom is 0.00510 e. The Hall–Kier alpha value is -0.820. The zero-order chi connectivity index (χ0) is 11.6. The Morgan fingerprint density at radius 3 is 2.50 bits per heavy atom. The molecule has 0 saturated carbocycles. The molecule has 0 radical (unpaired) electrons. The fraction of sp³-hybridized carbons (Fsp3) is 0.600. The summed E-state index contributed by atoms with van der Waals surface area (Å²) in [6, 6.07) is 10.9. The average Bonchev–Trinajstić information content (AvgIpc) is 2.65. The number of likely N-dealkylation sites (tertiary alicyclic amines) is 1. The highest BCUT2D eigenvalue weighted by molar-refractivity contribution is 5.21. The van der Waals surface area contributed by atoms with Gasteiger partial charge in [0.2, 0.25) is 0 Å². The molecule has 1 aromatic rings. The lowest BCUT2D eigenvalue weighted by Crippen LogP contribution is -2.30. The van der Waals surface area contributed by atoms with Crippen LogP contribution >= 0.6 is 0 Å². The summed E-state index contributed by atoms with van der Waals surface area (Å²) < 4.78 is 0. The molecule has 0 aromatic heterocycles. The highest BCUT2D eigenvalue weighted by atomic mass is 15.1. The van der Waals surface area contributed by atoms with Gasteiger partial charge in [0.15, 0.2) is 0 Å². The molecule has 1 heterocycles. The van der Waals surface area contributed by atoms with Gasteiger partial charge >= 0.3 is 0 Å². The van der Waals surface area contributed by atoms with Crippen LogP contribution < -0.4 is 0 Å². The molecule has 1 aliphatic heterocycles. The van der Waals surface area contributed by atoms with Gasteiger partial charge in [0.05, 0.1) is 0 Å². The van der Waals surface area contributed by atoms with Crippen LogP contribution in [0.5, 0.6) is 0 Å². The molecule has 1 aliphatic rings. The van der Waals surface area contributed by atoms with Crippen molar-refractivity contribution in [3.05, 3.63) is 35.9 Å². The predicted molar refractivity (Wildman–Crippen MR) is 69.7 cm³/mol. The SMILES string of the molecule is CC(C)(C)CN1CC[C@@H](c2ccccc2)C1. The summed E-state index contributed by atoms with van der Waals surface area (Å²) in [7, 11) is 0. The van der Waals surface area contributed by atoms with E-state index in [9.17, 15) is 0 Å². The Kier molecular flexibility index (Phi) is 3.34. The van der Waals surface area contributed by atoms with Gasteiger partial charge in [-0.2, -0.15) is 0 Å². The second-order valence-electron chi connectivity index (χ2n) is 6.19. The van der Waals surface area contributed by atoms with Crippen LogP contribution in [-0.4, -0.2) is 24.5 Å². The first-order valence-electron chi connectivity index (χ1n) is 6.32. The van der Waals surface area contributed by atoms with Crippen LogP contribution in [0.25, 0.3) is 0 Å². The molecule has 0 amide bonds. The van der Waals surface area contributed by atoms with Crippen LogP contribution in [0.2, 0.25) is 0 Å². The molecule has 0 bridgehead atoms. The molecule has 2 rings (SSSR count). The second kappa shape index (κ2) is 4.58. The van der Waals surface area contributed by atoms with E-state index in [1.807, 2.05) is 0 Å². The van der Waals surface area contributed by atoms with Crippen molar-refractivity contribution < 1.29 is 0 Å². The third kappa shape index (κ3) is 3.08. The van der Waals surface area contributed by atoms with Crippen LogP contribution in [0.15, 0.2) is 30.3 Å². The van der Waals surface area contributed by atoms with Gasteiger partial charge in [0, 0.05) is 13.1 Å². The molecule has 1 nitrogen and oxygen atoms in total. The Labute approximate surface area is 99.5 Å². The highest BCUT2D eigenvalue weighted by Crippen LogP contribution is 2.29. The molecular formula is C15H23N. The Morgan fingerprint density at radius 1 is 1.19 bits per heavy atom. The summed E-state index contributed by atoms with van der Waals surface area (Å²) >= 11 is 0. The van der Waals surface area contributed by atoms with Gasteiger partial charge in [-0.15, -0.1) is 0 Å². The highest BCUT2D eigenvalue weighted by Gasteiger charge is 2.26. The largest absolute Gasteiger partial charge is 0.302 e. The van der Waals surface area contributed by atoms with E-state index < -0.39 is 0 Å². The summed E-state index contributed by atoms with van der Waals surface area (Å²) in [5.41, 5.74) is 1.94. The predicted octanol–water partition coefficient (Wildman–Crippen LogP) is 3.52. The van der Waals surface area contributed by atoms with E-state index in [0.29, 0.717) is 5.41 Å². The minimum Gasteiger partial charge on any atom is -0.302 e. The molecule has 0 N–H and O–H groups in total. The molecule has 0 aliphatic carbocycles. The van der Waals surface area contributed by atoms with Crippen LogP contribution in [0, 0.1) is 5.41 Å². The van der Waals surface area contributed by atoms with Gasteiger partial charge in [-0.3, -0.25) is 0 Å². The van der Waals surface area contributed by atoms with E-state index in [1.54, 1.807) is 0 Å². The van der Waals surface area contributed by atoms with Gasteiger partial charge < -0.3 is 4.90 Å². The van der Waals surface area contributed by atoms with E-state index in [-0.39, 0.29) is 0 Å². The molecular weight excluding hydrogens is 194 g/mol. The third-order valence-electron chi connectivity index (χ3n) is 3.24. The van der Waals surface area contributed by atoms with Gasteiger partial charge in [-0.05, 0) is 29.9 Å². The van der Waals surface area contributed by atoms with Crippen molar-refractivity contribution in [1.29, 1.82) is 0 Å². The van der Waals surface area contributed by atoms with Crippen molar-refractivity contribution in [1.82, 2.24) is 4.90 Å². The lowest BCUT2D eigenvalue weighted by molar-refractivity contribution is 0.225. The third-order valence-corrected chi connectivity index (χ3v) is 3.24. The number of hydrogen-bond donors (Lipinski definition) is 0. The van der Waals surface area contributed by atoms with Gasteiger partial charge in [-0.25, -0.2) is 0 Å². The lowest BCUT2D eigenvalue weighted by atomic mass is 9.96. The van der Waals surface area contributed by atoms with Gasteiger partial charge in [0.1, 0.15) is 0 Å². The first-order valence-corrected chi connectivity index (χ1v) is 6.32. The Balaban J connectivity index is 1.94. The van der Waals surface area contributed by atoms with Crippen molar-refractivity contribution in [3.8, 4) is 0 Å². The fourth-order valence-corrected chi connectivity index (χ4v) is 2.64. The van der Waals surface area contributed by atoms with Crippen molar-refractivity contribution >= 4 is 0 Å². The number of benzene rings is 1. The molecule has 16 heavy (non-hydrogen) atoms. The Morgan fingerprint density at radius 2 is 1.88 bits per heavy atom. The van der Waals surface area contributed by atoms with E-state index in [0.717, 1.165) is 5.92 Å². The summed E-state index contributed by atoms with van der Waals surface area (Å²) in [6.45, 7) is 10.7. The zero-order valence-electron chi connectivity index (χ0n) is 10.7. The van der Waals surface area contributed by atoms with Crippen molar-refractivity contribution in [2.24, 2.45) is 5.41 Å². The molecule has 0 spiro atoms. The Bertz CT molecular complexity index is 323. The van der Waals surface area contributed by atoms with Gasteiger partial charge in [-0.1, -0.05) is 51.1 Å². The summed E-state index contributed by atoms with van der Waals surface area (Å²) in [6.07, 6.45) is 1.32. The van der Waals surface area contributed by atoms with E-state index in [2.05, 4.69) is 56.0 Å². The molecule has 1 aromatic carbocycles. The average molecular weight is 217 g/mol. The molecule has 1 atom stereocenters. The number of hydrogen-bond acceptors (Lipinski definition) is 1. The standard InChI is InChI=1S/C15H23N/c1-15(2,3)12-16-10-9-14(11-16)13-7-5-4-6-8-13/h4-8,14H,9-12H2,1-3H3/t14-/m1/s1. The van der Waals surface area contributed by atoms with Crippen LogP contribution in [-0.2, 0) is 0 Å². The second-order valence-corrected chi connectivity index (χ2v) is 6.19. The van der Waals surface area contributed by atoms with Crippen molar-refractivity contribution in [3.63, 3.8) is 0 Å². The number of rotatable bonds is 2. The number of nitrogens with zero attached hydrogens (tertiary/aromatic N) is 1. The van der Waals surface area contributed by atoms with Crippen LogP contribution in [0.1, 0.15) is 38.7 Å². The van der Waals surface area contributed by atoms with Crippen molar-refractivity contribution in [2.75, 3.05) is 19.6 Å². The summed E-state index contributed by atoms with van der Waals surface area (Å²) in [5, 5.41) is 0. The molecule has 1 fully saturated rings. The maximum atomic E-state index is 2.61. The smallest absolute Gasteiger partial charge is 0.00510 e. The van der Waals surface area contributed by atoms with Crippen LogP contribution in [0.4, 0.5) is 0 Å². The van der Waals surface area contributed by atoms with E-state index >= 15 is 0 Å². The van der Waals surface area contributed by atoms with Gasteiger partial charge in [0.25, 0.3) is 0 Å². The first-order chi connectivity index (χ1) is 7.54.